The van der Waals surface area contributed by atoms with E-state index < -0.39 is 0 Å². The highest BCUT2D eigenvalue weighted by molar-refractivity contribution is 9.10. The largest absolute Gasteiger partial charge is 0.369 e. The molecule has 0 heterocycles. The van der Waals surface area contributed by atoms with Crippen molar-refractivity contribution in [1.82, 2.24) is 5.32 Å². The second-order valence-electron chi connectivity index (χ2n) is 5.91. The van der Waals surface area contributed by atoms with E-state index in [-0.39, 0.29) is 0 Å². The molecule has 0 amide bonds. The number of halogens is 1. The molecule has 106 valence electrons. The molecule has 0 atom stereocenters. The van der Waals surface area contributed by atoms with Gasteiger partial charge >= 0.3 is 0 Å². The molecule has 1 aliphatic carbocycles. The van der Waals surface area contributed by atoms with Crippen molar-refractivity contribution in [2.45, 2.75) is 45.7 Å². The number of anilines is 1. The summed E-state index contributed by atoms with van der Waals surface area (Å²) in [5.41, 5.74) is 2.70. The molecular formula is C16H25BrN2. The van der Waals surface area contributed by atoms with Crippen molar-refractivity contribution in [3.8, 4) is 0 Å². The molecule has 2 nitrogen and oxygen atoms in total. The van der Waals surface area contributed by atoms with Crippen LogP contribution < -0.4 is 10.2 Å². The smallest absolute Gasteiger partial charge is 0.0380 e. The van der Waals surface area contributed by atoms with E-state index >= 15 is 0 Å². The van der Waals surface area contributed by atoms with Gasteiger partial charge in [0.2, 0.25) is 0 Å². The molecular weight excluding hydrogens is 300 g/mol. The Morgan fingerprint density at radius 3 is 2.63 bits per heavy atom. The van der Waals surface area contributed by atoms with Crippen LogP contribution in [0.4, 0.5) is 5.69 Å². The molecule has 3 heteroatoms. The number of nitrogens with one attached hydrogen (secondary N) is 1. The van der Waals surface area contributed by atoms with Crippen LogP contribution in [0.5, 0.6) is 0 Å². The fraction of sp³-hybridized carbons (Fsp3) is 0.625. The summed E-state index contributed by atoms with van der Waals surface area (Å²) in [5.74, 6) is 0.772. The van der Waals surface area contributed by atoms with E-state index in [0.717, 1.165) is 18.5 Å². The SMILES string of the molecule is CNCc1ccc(N(CCC(C)C)C2CC2)cc1Br. The lowest BCUT2D eigenvalue weighted by Gasteiger charge is -2.26. The lowest BCUT2D eigenvalue weighted by molar-refractivity contribution is 0.570. The van der Waals surface area contributed by atoms with E-state index in [4.69, 9.17) is 0 Å². The molecule has 0 radical (unpaired) electrons. The lowest BCUT2D eigenvalue weighted by Crippen LogP contribution is -2.27. The number of nitrogens with zero attached hydrogens (tertiary/aromatic N) is 1. The Bertz CT molecular complexity index is 413. The lowest BCUT2D eigenvalue weighted by atomic mass is 10.1. The molecule has 0 unspecified atom stereocenters. The van der Waals surface area contributed by atoms with Crippen molar-refractivity contribution < 1.29 is 0 Å². The first-order valence-corrected chi connectivity index (χ1v) is 8.10. The van der Waals surface area contributed by atoms with Gasteiger partial charge in [-0.3, -0.25) is 0 Å². The van der Waals surface area contributed by atoms with Gasteiger partial charge in [0, 0.05) is 29.3 Å². The maximum Gasteiger partial charge on any atom is 0.0380 e. The minimum atomic E-state index is 0.772. The van der Waals surface area contributed by atoms with Crippen LogP contribution in [0.3, 0.4) is 0 Å². The van der Waals surface area contributed by atoms with Crippen LogP contribution >= 0.6 is 15.9 Å². The average molecular weight is 325 g/mol. The second-order valence-corrected chi connectivity index (χ2v) is 6.77. The van der Waals surface area contributed by atoms with Crippen LogP contribution in [-0.4, -0.2) is 19.6 Å². The molecule has 1 N–H and O–H groups in total. The molecule has 1 fully saturated rings. The van der Waals surface area contributed by atoms with Gasteiger partial charge in [0.1, 0.15) is 0 Å². The highest BCUT2D eigenvalue weighted by Crippen LogP contribution is 2.34. The van der Waals surface area contributed by atoms with Gasteiger partial charge in [0.05, 0.1) is 0 Å². The summed E-state index contributed by atoms with van der Waals surface area (Å²) in [6.45, 7) is 6.70. The minimum Gasteiger partial charge on any atom is -0.369 e. The molecule has 0 aliphatic heterocycles. The summed E-state index contributed by atoms with van der Waals surface area (Å²) in [7, 11) is 1.99. The summed E-state index contributed by atoms with van der Waals surface area (Å²) < 4.78 is 1.22. The van der Waals surface area contributed by atoms with Crippen LogP contribution in [0.15, 0.2) is 22.7 Å². The molecule has 1 aromatic carbocycles. The predicted octanol–water partition coefficient (Wildman–Crippen LogP) is 4.18. The van der Waals surface area contributed by atoms with Gasteiger partial charge in [0.15, 0.2) is 0 Å². The average Bonchev–Trinajstić information content (AvgIpc) is 3.17. The third kappa shape index (κ3) is 4.22. The van der Waals surface area contributed by atoms with Gasteiger partial charge in [-0.05, 0) is 49.9 Å². The Labute approximate surface area is 125 Å². The summed E-state index contributed by atoms with van der Waals surface area (Å²) in [4.78, 5) is 2.59. The third-order valence-corrected chi connectivity index (χ3v) is 4.41. The molecule has 0 aromatic heterocycles. The van der Waals surface area contributed by atoms with Crippen LogP contribution in [0.25, 0.3) is 0 Å². The maximum atomic E-state index is 3.70. The molecule has 19 heavy (non-hydrogen) atoms. The van der Waals surface area contributed by atoms with Gasteiger partial charge in [-0.15, -0.1) is 0 Å². The standard InChI is InChI=1S/C16H25BrN2/c1-12(2)8-9-19(14-6-7-14)15-5-4-13(11-18-3)16(17)10-15/h4-5,10,12,14,18H,6-9,11H2,1-3H3. The monoisotopic (exact) mass is 324 g/mol. The van der Waals surface area contributed by atoms with E-state index in [1.165, 1.54) is 41.5 Å². The van der Waals surface area contributed by atoms with E-state index in [2.05, 4.69) is 58.2 Å². The van der Waals surface area contributed by atoms with Crippen molar-refractivity contribution in [2.24, 2.45) is 5.92 Å². The van der Waals surface area contributed by atoms with Crippen LogP contribution in [0, 0.1) is 5.92 Å². The van der Waals surface area contributed by atoms with E-state index in [1.54, 1.807) is 0 Å². The zero-order valence-corrected chi connectivity index (χ0v) is 13.8. The first-order chi connectivity index (χ1) is 9.11. The summed E-state index contributed by atoms with van der Waals surface area (Å²) in [5, 5.41) is 3.21. The van der Waals surface area contributed by atoms with Gasteiger partial charge in [-0.1, -0.05) is 35.8 Å². The van der Waals surface area contributed by atoms with Gasteiger partial charge < -0.3 is 10.2 Å². The number of hydrogen-bond acceptors (Lipinski definition) is 2. The van der Waals surface area contributed by atoms with Crippen molar-refractivity contribution >= 4 is 21.6 Å². The number of hydrogen-bond donors (Lipinski definition) is 1. The molecule has 0 bridgehead atoms. The quantitative estimate of drug-likeness (QED) is 0.809. The van der Waals surface area contributed by atoms with E-state index in [0.29, 0.717) is 0 Å². The van der Waals surface area contributed by atoms with Gasteiger partial charge in [-0.2, -0.15) is 0 Å². The zero-order chi connectivity index (χ0) is 13.8. The van der Waals surface area contributed by atoms with Crippen molar-refractivity contribution in [2.75, 3.05) is 18.5 Å². The first-order valence-electron chi connectivity index (χ1n) is 7.31. The highest BCUT2D eigenvalue weighted by atomic mass is 79.9. The van der Waals surface area contributed by atoms with Gasteiger partial charge in [0.25, 0.3) is 0 Å². The van der Waals surface area contributed by atoms with Crippen molar-refractivity contribution in [3.63, 3.8) is 0 Å². The molecule has 1 aromatic rings. The van der Waals surface area contributed by atoms with E-state index in [1.807, 2.05) is 7.05 Å². The van der Waals surface area contributed by atoms with Crippen molar-refractivity contribution in [1.29, 1.82) is 0 Å². The Balaban J connectivity index is 2.10. The Kier molecular flexibility index (Phi) is 5.28. The van der Waals surface area contributed by atoms with Crippen molar-refractivity contribution in [3.05, 3.63) is 28.2 Å². The molecule has 1 saturated carbocycles. The Morgan fingerprint density at radius 2 is 2.11 bits per heavy atom. The first kappa shape index (κ1) is 14.9. The normalized spacial score (nSPS) is 15.0. The fourth-order valence-corrected chi connectivity index (χ4v) is 2.86. The summed E-state index contributed by atoms with van der Waals surface area (Å²) in [6, 6.07) is 7.57. The topological polar surface area (TPSA) is 15.3 Å². The summed E-state index contributed by atoms with van der Waals surface area (Å²) in [6.07, 6.45) is 3.98. The number of rotatable bonds is 7. The second kappa shape index (κ2) is 6.76. The van der Waals surface area contributed by atoms with Crippen LogP contribution in [0.2, 0.25) is 0 Å². The molecule has 2 rings (SSSR count). The summed E-state index contributed by atoms with van der Waals surface area (Å²) >= 11 is 3.70. The Hall–Kier alpha value is -0.540. The van der Waals surface area contributed by atoms with Crippen LogP contribution in [0.1, 0.15) is 38.7 Å². The van der Waals surface area contributed by atoms with Gasteiger partial charge in [-0.25, -0.2) is 0 Å². The fourth-order valence-electron chi connectivity index (χ4n) is 2.35. The molecule has 1 aliphatic rings. The Morgan fingerprint density at radius 1 is 1.37 bits per heavy atom. The van der Waals surface area contributed by atoms with E-state index in [9.17, 15) is 0 Å². The number of benzene rings is 1. The molecule has 0 saturated heterocycles. The highest BCUT2D eigenvalue weighted by Gasteiger charge is 2.29. The molecule has 0 spiro atoms. The maximum absolute atomic E-state index is 3.70. The third-order valence-electron chi connectivity index (χ3n) is 3.67. The minimum absolute atomic E-state index is 0.772. The van der Waals surface area contributed by atoms with Crippen LogP contribution in [-0.2, 0) is 6.54 Å². The predicted molar refractivity (Wildman–Crippen MR) is 86.7 cm³/mol. The zero-order valence-electron chi connectivity index (χ0n) is 12.2.